The van der Waals surface area contributed by atoms with Crippen LogP contribution in [0, 0.1) is 5.92 Å². The summed E-state index contributed by atoms with van der Waals surface area (Å²) < 4.78 is 6.15. The van der Waals surface area contributed by atoms with Gasteiger partial charge in [-0.15, -0.1) is 5.10 Å². The highest BCUT2D eigenvalue weighted by Gasteiger charge is 2.49. The molecular formula is C22H23Cl2N3O. The van der Waals surface area contributed by atoms with Crippen molar-refractivity contribution in [2.75, 3.05) is 18.8 Å². The Balaban J connectivity index is 1.51. The minimum absolute atomic E-state index is 0.217. The van der Waals surface area contributed by atoms with E-state index < -0.39 is 0 Å². The van der Waals surface area contributed by atoms with Crippen molar-refractivity contribution in [3.8, 4) is 0 Å². The Hall–Kier alpha value is -1.75. The van der Waals surface area contributed by atoms with Gasteiger partial charge in [0.15, 0.2) is 6.73 Å². The first kappa shape index (κ1) is 18.3. The largest absolute Gasteiger partial charge is 0.456 e. The minimum atomic E-state index is 0.217. The van der Waals surface area contributed by atoms with Crippen molar-refractivity contribution < 1.29 is 4.74 Å². The SMILES string of the molecule is CN1C2CC[C@@H]1[C@H](C1=NN(c3ccccc3)CO1)[C@@H](c1ccc(Cl)c(Cl)c1)C2. The smallest absolute Gasteiger partial charge is 0.213 e. The van der Waals surface area contributed by atoms with Crippen LogP contribution < -0.4 is 5.01 Å². The van der Waals surface area contributed by atoms with Crippen molar-refractivity contribution in [2.24, 2.45) is 11.0 Å². The van der Waals surface area contributed by atoms with Gasteiger partial charge in [-0.1, -0.05) is 47.5 Å². The van der Waals surface area contributed by atoms with Gasteiger partial charge in [0.25, 0.3) is 0 Å². The van der Waals surface area contributed by atoms with Crippen LogP contribution in [-0.2, 0) is 4.74 Å². The average Bonchev–Trinajstić information content (AvgIpc) is 3.28. The van der Waals surface area contributed by atoms with E-state index in [0.29, 0.717) is 34.8 Å². The van der Waals surface area contributed by atoms with Crippen molar-refractivity contribution in [2.45, 2.75) is 37.3 Å². The summed E-state index contributed by atoms with van der Waals surface area (Å²) in [5.41, 5.74) is 2.28. The zero-order valence-electron chi connectivity index (χ0n) is 15.8. The standard InChI is InChI=1S/C22H23Cl2N3O/c1-26-16-8-10-20(26)21(17(12-16)14-7-9-18(23)19(24)11-14)22-25-27(13-28-22)15-5-3-2-4-6-15/h2-7,9,11,16-17,20-21H,8,10,12-13H2,1H3/t16?,17-,20-,21-/m1/s1. The monoisotopic (exact) mass is 415 g/mol. The van der Waals surface area contributed by atoms with Crippen LogP contribution in [-0.4, -0.2) is 36.7 Å². The highest BCUT2D eigenvalue weighted by atomic mass is 35.5. The molecule has 0 spiro atoms. The zero-order chi connectivity index (χ0) is 19.3. The van der Waals surface area contributed by atoms with Crippen LogP contribution in [0.25, 0.3) is 0 Å². The van der Waals surface area contributed by atoms with E-state index in [1.54, 1.807) is 0 Å². The lowest BCUT2D eigenvalue weighted by atomic mass is 9.76. The number of hydrazone groups is 1. The fraction of sp³-hybridized carbons (Fsp3) is 0.409. The number of hydrogen-bond donors (Lipinski definition) is 0. The maximum atomic E-state index is 6.35. The van der Waals surface area contributed by atoms with E-state index in [1.165, 1.54) is 18.4 Å². The molecule has 0 aromatic heterocycles. The van der Waals surface area contributed by atoms with Gasteiger partial charge in [-0.05, 0) is 62.1 Å². The van der Waals surface area contributed by atoms with Crippen LogP contribution in [0.2, 0.25) is 10.0 Å². The Morgan fingerprint density at radius 2 is 1.86 bits per heavy atom. The second kappa shape index (κ2) is 7.25. The molecule has 0 N–H and O–H groups in total. The first-order valence-electron chi connectivity index (χ1n) is 9.82. The van der Waals surface area contributed by atoms with E-state index in [2.05, 4.69) is 30.1 Å². The van der Waals surface area contributed by atoms with Crippen molar-refractivity contribution in [1.82, 2.24) is 4.90 Å². The van der Waals surface area contributed by atoms with E-state index in [-0.39, 0.29) is 5.92 Å². The molecule has 0 aliphatic carbocycles. The number of fused-ring (bicyclic) bond motifs is 2. The quantitative estimate of drug-likeness (QED) is 0.674. The van der Waals surface area contributed by atoms with Crippen molar-refractivity contribution in [3.05, 3.63) is 64.1 Å². The molecule has 0 radical (unpaired) electrons. The molecule has 2 fully saturated rings. The summed E-state index contributed by atoms with van der Waals surface area (Å²) in [5, 5.41) is 8.05. The van der Waals surface area contributed by atoms with Gasteiger partial charge in [-0.3, -0.25) is 4.90 Å². The Bertz CT molecular complexity index is 904. The zero-order valence-corrected chi connectivity index (χ0v) is 17.3. The van der Waals surface area contributed by atoms with E-state index >= 15 is 0 Å². The molecule has 3 heterocycles. The fourth-order valence-corrected chi connectivity index (χ4v) is 5.39. The number of halogens is 2. The van der Waals surface area contributed by atoms with E-state index in [4.69, 9.17) is 33.0 Å². The lowest BCUT2D eigenvalue weighted by Gasteiger charge is -2.42. The molecule has 5 rings (SSSR count). The predicted octanol–water partition coefficient (Wildman–Crippen LogP) is 5.37. The van der Waals surface area contributed by atoms with Gasteiger partial charge in [0.05, 0.1) is 21.7 Å². The Kier molecular flexibility index (Phi) is 4.74. The molecule has 3 aliphatic heterocycles. The predicted molar refractivity (Wildman–Crippen MR) is 114 cm³/mol. The lowest BCUT2D eigenvalue weighted by Crippen LogP contribution is -2.48. The summed E-state index contributed by atoms with van der Waals surface area (Å²) in [6.45, 7) is 0.462. The van der Waals surface area contributed by atoms with Crippen LogP contribution in [0.15, 0.2) is 53.6 Å². The normalized spacial score (nSPS) is 29.7. The summed E-state index contributed by atoms with van der Waals surface area (Å²) in [6.07, 6.45) is 3.49. The molecule has 28 heavy (non-hydrogen) atoms. The number of hydrogen-bond acceptors (Lipinski definition) is 4. The molecule has 1 unspecified atom stereocenters. The number of rotatable bonds is 3. The topological polar surface area (TPSA) is 28.1 Å². The fourth-order valence-electron chi connectivity index (χ4n) is 5.09. The summed E-state index contributed by atoms with van der Waals surface area (Å²) in [7, 11) is 2.24. The first-order chi connectivity index (χ1) is 13.6. The molecule has 6 heteroatoms. The van der Waals surface area contributed by atoms with Crippen molar-refractivity contribution in [3.63, 3.8) is 0 Å². The molecule has 4 atom stereocenters. The van der Waals surface area contributed by atoms with Gasteiger partial charge >= 0.3 is 0 Å². The van der Waals surface area contributed by atoms with E-state index in [9.17, 15) is 0 Å². The van der Waals surface area contributed by atoms with E-state index in [1.807, 2.05) is 35.3 Å². The van der Waals surface area contributed by atoms with Gasteiger partial charge in [0, 0.05) is 12.1 Å². The molecule has 2 saturated heterocycles. The molecule has 4 nitrogen and oxygen atoms in total. The van der Waals surface area contributed by atoms with Gasteiger partial charge < -0.3 is 4.74 Å². The Labute approximate surface area is 175 Å². The summed E-state index contributed by atoms with van der Waals surface area (Å²) in [5.74, 6) is 1.39. The number of para-hydroxylation sites is 1. The third-order valence-corrected chi connectivity index (χ3v) is 7.27. The number of benzene rings is 2. The molecule has 2 aromatic rings. The highest BCUT2D eigenvalue weighted by molar-refractivity contribution is 6.42. The number of piperidine rings is 1. The highest BCUT2D eigenvalue weighted by Crippen LogP contribution is 2.48. The second-order valence-electron chi connectivity index (χ2n) is 7.95. The summed E-state index contributed by atoms with van der Waals surface area (Å²) in [4.78, 5) is 2.52. The summed E-state index contributed by atoms with van der Waals surface area (Å²) >= 11 is 12.5. The Morgan fingerprint density at radius 3 is 2.64 bits per heavy atom. The van der Waals surface area contributed by atoms with Gasteiger partial charge in [0.1, 0.15) is 0 Å². The molecule has 146 valence electrons. The van der Waals surface area contributed by atoms with Gasteiger partial charge in [-0.25, -0.2) is 5.01 Å². The van der Waals surface area contributed by atoms with Crippen LogP contribution in [0.4, 0.5) is 5.69 Å². The molecule has 2 aromatic carbocycles. The molecule has 3 aliphatic rings. The average molecular weight is 416 g/mol. The van der Waals surface area contributed by atoms with Crippen molar-refractivity contribution in [1.29, 1.82) is 0 Å². The number of anilines is 1. The maximum Gasteiger partial charge on any atom is 0.213 e. The third kappa shape index (κ3) is 3.08. The second-order valence-corrected chi connectivity index (χ2v) is 8.77. The van der Waals surface area contributed by atoms with Crippen LogP contribution in [0.5, 0.6) is 0 Å². The maximum absolute atomic E-state index is 6.35. The first-order valence-corrected chi connectivity index (χ1v) is 10.6. The number of nitrogens with zero attached hydrogens (tertiary/aromatic N) is 3. The van der Waals surface area contributed by atoms with Crippen LogP contribution in [0.3, 0.4) is 0 Å². The molecular weight excluding hydrogens is 393 g/mol. The Morgan fingerprint density at radius 1 is 1.04 bits per heavy atom. The molecule has 2 bridgehead atoms. The van der Waals surface area contributed by atoms with Gasteiger partial charge in [-0.2, -0.15) is 0 Å². The molecule has 0 amide bonds. The van der Waals surface area contributed by atoms with Crippen LogP contribution in [0.1, 0.15) is 30.7 Å². The molecule has 0 saturated carbocycles. The lowest BCUT2D eigenvalue weighted by molar-refractivity contribution is 0.119. The van der Waals surface area contributed by atoms with E-state index in [0.717, 1.165) is 18.0 Å². The third-order valence-electron chi connectivity index (χ3n) is 6.53. The minimum Gasteiger partial charge on any atom is -0.456 e. The van der Waals surface area contributed by atoms with Gasteiger partial charge in [0.2, 0.25) is 5.90 Å². The van der Waals surface area contributed by atoms with Crippen LogP contribution >= 0.6 is 23.2 Å². The number of ether oxygens (including phenoxy) is 1. The summed E-state index contributed by atoms with van der Waals surface area (Å²) in [6, 6.07) is 17.3. The van der Waals surface area contributed by atoms with Crippen molar-refractivity contribution >= 4 is 34.8 Å².